The molecular weight excluding hydrogens is 298 g/mol. The first-order chi connectivity index (χ1) is 11.1. The Labute approximate surface area is 131 Å². The van der Waals surface area contributed by atoms with Crippen molar-refractivity contribution in [3.63, 3.8) is 0 Å². The molecule has 1 saturated heterocycles. The third kappa shape index (κ3) is 2.62. The van der Waals surface area contributed by atoms with Gasteiger partial charge in [0.05, 0.1) is 5.52 Å². The predicted octanol–water partition coefficient (Wildman–Crippen LogP) is 0.815. The molecule has 0 radical (unpaired) electrons. The molecular formula is C16H17N3O4. The second kappa shape index (κ2) is 5.26. The van der Waals surface area contributed by atoms with E-state index in [1.807, 2.05) is 4.90 Å². The van der Waals surface area contributed by atoms with Crippen LogP contribution in [0.3, 0.4) is 0 Å². The SMILES string of the molecule is O=C(c1ccc2oc(=O)[nH]c2c1)N1CCN(C(=O)C2CC2)CC1. The lowest BCUT2D eigenvalue weighted by Crippen LogP contribution is -2.51. The standard InChI is InChI=1S/C16H17N3O4/c20-14(10-1-2-10)18-5-7-19(8-6-18)15(21)11-3-4-13-12(9-11)17-16(22)23-13/h3-4,9-10H,1-2,5-8H2,(H,17,22). The van der Waals surface area contributed by atoms with Crippen molar-refractivity contribution in [1.82, 2.24) is 14.8 Å². The van der Waals surface area contributed by atoms with Gasteiger partial charge < -0.3 is 14.2 Å². The molecule has 0 spiro atoms. The van der Waals surface area contributed by atoms with Crippen molar-refractivity contribution in [2.45, 2.75) is 12.8 Å². The van der Waals surface area contributed by atoms with Gasteiger partial charge in [-0.25, -0.2) is 4.79 Å². The van der Waals surface area contributed by atoms with E-state index in [2.05, 4.69) is 4.98 Å². The fraction of sp³-hybridized carbons (Fsp3) is 0.438. The topological polar surface area (TPSA) is 86.6 Å². The number of aromatic nitrogens is 1. The maximum atomic E-state index is 12.6. The van der Waals surface area contributed by atoms with Gasteiger partial charge in [-0.05, 0) is 31.0 Å². The zero-order chi connectivity index (χ0) is 16.0. The van der Waals surface area contributed by atoms with E-state index in [9.17, 15) is 14.4 Å². The lowest BCUT2D eigenvalue weighted by Gasteiger charge is -2.35. The molecule has 1 aromatic carbocycles. The van der Waals surface area contributed by atoms with Crippen LogP contribution >= 0.6 is 0 Å². The summed E-state index contributed by atoms with van der Waals surface area (Å²) in [5, 5.41) is 0. The highest BCUT2D eigenvalue weighted by Crippen LogP contribution is 2.31. The van der Waals surface area contributed by atoms with E-state index < -0.39 is 5.76 Å². The summed E-state index contributed by atoms with van der Waals surface area (Å²) in [6, 6.07) is 4.90. The molecule has 0 atom stereocenters. The second-order valence-corrected chi connectivity index (χ2v) is 6.12. The molecule has 1 saturated carbocycles. The van der Waals surface area contributed by atoms with Crippen molar-refractivity contribution >= 4 is 22.9 Å². The number of benzene rings is 1. The first-order valence-electron chi connectivity index (χ1n) is 7.83. The minimum absolute atomic E-state index is 0.0903. The average Bonchev–Trinajstić information content (AvgIpc) is 3.34. The summed E-state index contributed by atoms with van der Waals surface area (Å²) in [7, 11) is 0. The number of fused-ring (bicyclic) bond motifs is 1. The van der Waals surface area contributed by atoms with Crippen LogP contribution in [0.15, 0.2) is 27.4 Å². The van der Waals surface area contributed by atoms with Crippen LogP contribution in [0.2, 0.25) is 0 Å². The minimum Gasteiger partial charge on any atom is -0.408 e. The molecule has 2 aliphatic rings. The van der Waals surface area contributed by atoms with Gasteiger partial charge in [0.15, 0.2) is 5.58 Å². The molecule has 2 aromatic rings. The molecule has 2 fully saturated rings. The number of carbonyl (C=O) groups excluding carboxylic acids is 2. The number of H-pyrrole nitrogens is 1. The number of amides is 2. The normalized spacial score (nSPS) is 18.4. The molecule has 7 heteroatoms. The lowest BCUT2D eigenvalue weighted by atomic mass is 10.1. The van der Waals surface area contributed by atoms with Gasteiger partial charge in [-0.15, -0.1) is 0 Å². The smallest absolute Gasteiger partial charge is 0.408 e. The van der Waals surface area contributed by atoms with E-state index in [-0.39, 0.29) is 17.7 Å². The summed E-state index contributed by atoms with van der Waals surface area (Å²) in [5.41, 5.74) is 1.46. The molecule has 7 nitrogen and oxygen atoms in total. The van der Waals surface area contributed by atoms with E-state index in [1.165, 1.54) is 0 Å². The van der Waals surface area contributed by atoms with Gasteiger partial charge >= 0.3 is 5.76 Å². The Morgan fingerprint density at radius 2 is 1.78 bits per heavy atom. The van der Waals surface area contributed by atoms with Crippen molar-refractivity contribution < 1.29 is 14.0 Å². The molecule has 1 aromatic heterocycles. The van der Waals surface area contributed by atoms with Crippen LogP contribution in [0, 0.1) is 5.92 Å². The fourth-order valence-corrected chi connectivity index (χ4v) is 2.99. The molecule has 0 unspecified atom stereocenters. The van der Waals surface area contributed by atoms with Crippen LogP contribution in [0.25, 0.3) is 11.1 Å². The largest absolute Gasteiger partial charge is 0.417 e. The van der Waals surface area contributed by atoms with Crippen LogP contribution in [0.1, 0.15) is 23.2 Å². The first kappa shape index (κ1) is 14.0. The van der Waals surface area contributed by atoms with Gasteiger partial charge in [0.25, 0.3) is 5.91 Å². The third-order valence-electron chi connectivity index (χ3n) is 4.47. The maximum Gasteiger partial charge on any atom is 0.417 e. The number of nitrogens with zero attached hydrogens (tertiary/aromatic N) is 2. The first-order valence-corrected chi connectivity index (χ1v) is 7.83. The molecule has 1 aliphatic carbocycles. The Morgan fingerprint density at radius 1 is 1.09 bits per heavy atom. The highest BCUT2D eigenvalue weighted by atomic mass is 16.4. The van der Waals surface area contributed by atoms with E-state index >= 15 is 0 Å². The molecule has 1 aliphatic heterocycles. The summed E-state index contributed by atoms with van der Waals surface area (Å²) in [4.78, 5) is 41.9. The molecule has 23 heavy (non-hydrogen) atoms. The third-order valence-corrected chi connectivity index (χ3v) is 4.47. The molecule has 120 valence electrons. The summed E-state index contributed by atoms with van der Waals surface area (Å²) in [6.45, 7) is 2.26. The van der Waals surface area contributed by atoms with Crippen molar-refractivity contribution in [3.05, 3.63) is 34.3 Å². The predicted molar refractivity (Wildman–Crippen MR) is 82.0 cm³/mol. The quantitative estimate of drug-likeness (QED) is 0.889. The zero-order valence-corrected chi connectivity index (χ0v) is 12.6. The van der Waals surface area contributed by atoms with E-state index in [0.29, 0.717) is 42.8 Å². The summed E-state index contributed by atoms with van der Waals surface area (Å²) in [5.74, 6) is -0.170. The molecule has 4 rings (SSSR count). The number of carbonyl (C=O) groups is 2. The average molecular weight is 315 g/mol. The summed E-state index contributed by atoms with van der Waals surface area (Å²) < 4.78 is 4.94. The molecule has 2 amide bonds. The van der Waals surface area contributed by atoms with Crippen LogP contribution in [0.5, 0.6) is 0 Å². The van der Waals surface area contributed by atoms with Crippen LogP contribution in [-0.4, -0.2) is 52.8 Å². The Morgan fingerprint density at radius 3 is 2.48 bits per heavy atom. The van der Waals surface area contributed by atoms with Gasteiger partial charge in [0, 0.05) is 37.7 Å². The van der Waals surface area contributed by atoms with Crippen molar-refractivity contribution in [1.29, 1.82) is 0 Å². The van der Waals surface area contributed by atoms with Crippen LogP contribution in [0.4, 0.5) is 0 Å². The number of nitrogens with one attached hydrogen (secondary N) is 1. The van der Waals surface area contributed by atoms with Gasteiger partial charge in [-0.1, -0.05) is 0 Å². The number of rotatable bonds is 2. The summed E-state index contributed by atoms with van der Waals surface area (Å²) >= 11 is 0. The highest BCUT2D eigenvalue weighted by molar-refractivity contribution is 5.97. The summed E-state index contributed by atoms with van der Waals surface area (Å²) in [6.07, 6.45) is 2.00. The van der Waals surface area contributed by atoms with Crippen molar-refractivity contribution in [2.24, 2.45) is 5.92 Å². The fourth-order valence-electron chi connectivity index (χ4n) is 2.99. The molecule has 2 heterocycles. The molecule has 0 bridgehead atoms. The maximum absolute atomic E-state index is 12.6. The number of hydrogen-bond acceptors (Lipinski definition) is 4. The Hall–Kier alpha value is -2.57. The van der Waals surface area contributed by atoms with E-state index in [1.54, 1.807) is 23.1 Å². The number of piperazine rings is 1. The van der Waals surface area contributed by atoms with Gasteiger partial charge in [0.2, 0.25) is 5.91 Å². The van der Waals surface area contributed by atoms with Crippen molar-refractivity contribution in [2.75, 3.05) is 26.2 Å². The monoisotopic (exact) mass is 315 g/mol. The van der Waals surface area contributed by atoms with Gasteiger partial charge in [-0.2, -0.15) is 0 Å². The Kier molecular flexibility index (Phi) is 3.21. The Bertz CT molecular complexity index is 825. The Balaban J connectivity index is 1.46. The van der Waals surface area contributed by atoms with E-state index in [4.69, 9.17) is 4.42 Å². The van der Waals surface area contributed by atoms with Gasteiger partial charge in [-0.3, -0.25) is 14.6 Å². The van der Waals surface area contributed by atoms with Gasteiger partial charge in [0.1, 0.15) is 0 Å². The lowest BCUT2D eigenvalue weighted by molar-refractivity contribution is -0.134. The van der Waals surface area contributed by atoms with E-state index in [0.717, 1.165) is 12.8 Å². The molecule has 1 N–H and O–H groups in total. The van der Waals surface area contributed by atoms with Crippen molar-refractivity contribution in [3.8, 4) is 0 Å². The number of hydrogen-bond donors (Lipinski definition) is 1. The van der Waals surface area contributed by atoms with Crippen LogP contribution in [-0.2, 0) is 4.79 Å². The number of aromatic amines is 1. The second-order valence-electron chi connectivity index (χ2n) is 6.12. The van der Waals surface area contributed by atoms with Crippen LogP contribution < -0.4 is 5.76 Å². The minimum atomic E-state index is -0.531. The highest BCUT2D eigenvalue weighted by Gasteiger charge is 2.35. The number of oxazole rings is 1. The zero-order valence-electron chi connectivity index (χ0n) is 12.6.